The Morgan fingerprint density at radius 1 is 1.37 bits per heavy atom. The predicted molar refractivity (Wildman–Crippen MR) is 82.1 cm³/mol. The summed E-state index contributed by atoms with van der Waals surface area (Å²) in [7, 11) is 0. The van der Waals surface area contributed by atoms with Gasteiger partial charge in [-0.1, -0.05) is 13.3 Å². The maximum absolute atomic E-state index is 12.0. The lowest BCUT2D eigenvalue weighted by Crippen LogP contribution is -2.41. The number of nitrogens with one attached hydrogen (secondary N) is 1. The molecule has 3 nitrogen and oxygen atoms in total. The standard InChI is InChI=1S/C15H28N2OS/c1-10(5-6-16)19-9-15(18)17-11(2)14-8-12-3-4-13(14)7-12/h10-14H,3-9,16H2,1-2H3,(H,17,18). The van der Waals surface area contributed by atoms with Crippen molar-refractivity contribution in [2.24, 2.45) is 23.5 Å². The third-order valence-corrected chi connectivity index (χ3v) is 6.13. The minimum Gasteiger partial charge on any atom is -0.353 e. The van der Waals surface area contributed by atoms with Crippen molar-refractivity contribution in [3.63, 3.8) is 0 Å². The Hall–Kier alpha value is -0.220. The first kappa shape index (κ1) is 15.2. The highest BCUT2D eigenvalue weighted by atomic mass is 32.2. The van der Waals surface area contributed by atoms with Crippen molar-refractivity contribution in [2.45, 2.75) is 57.2 Å². The first-order valence-electron chi connectivity index (χ1n) is 7.71. The summed E-state index contributed by atoms with van der Waals surface area (Å²) < 4.78 is 0. The van der Waals surface area contributed by atoms with Crippen molar-refractivity contribution in [1.29, 1.82) is 0 Å². The number of rotatable bonds is 7. The smallest absolute Gasteiger partial charge is 0.230 e. The molecule has 2 bridgehead atoms. The van der Waals surface area contributed by atoms with Crippen molar-refractivity contribution in [2.75, 3.05) is 12.3 Å². The molecule has 1 amide bonds. The molecule has 4 heteroatoms. The number of thioether (sulfide) groups is 1. The van der Waals surface area contributed by atoms with E-state index in [2.05, 4.69) is 19.2 Å². The van der Waals surface area contributed by atoms with Gasteiger partial charge in [-0.15, -0.1) is 11.8 Å². The van der Waals surface area contributed by atoms with E-state index in [4.69, 9.17) is 5.73 Å². The van der Waals surface area contributed by atoms with Gasteiger partial charge >= 0.3 is 0 Å². The Kier molecular flexibility index (Phi) is 5.58. The lowest BCUT2D eigenvalue weighted by atomic mass is 9.84. The van der Waals surface area contributed by atoms with Gasteiger partial charge in [0.15, 0.2) is 0 Å². The van der Waals surface area contributed by atoms with Gasteiger partial charge in [0.05, 0.1) is 5.75 Å². The molecule has 0 radical (unpaired) electrons. The average Bonchev–Trinajstić information content (AvgIpc) is 2.99. The summed E-state index contributed by atoms with van der Waals surface area (Å²) in [4.78, 5) is 12.0. The summed E-state index contributed by atoms with van der Waals surface area (Å²) in [6.45, 7) is 5.04. The molecule has 19 heavy (non-hydrogen) atoms. The molecule has 110 valence electrons. The van der Waals surface area contributed by atoms with Crippen LogP contribution in [0.15, 0.2) is 0 Å². The van der Waals surface area contributed by atoms with Crippen LogP contribution in [0.25, 0.3) is 0 Å². The minimum absolute atomic E-state index is 0.198. The molecular weight excluding hydrogens is 256 g/mol. The van der Waals surface area contributed by atoms with Crippen molar-refractivity contribution in [1.82, 2.24) is 5.32 Å². The summed E-state index contributed by atoms with van der Waals surface area (Å²) in [5, 5.41) is 3.69. The molecule has 5 atom stereocenters. The summed E-state index contributed by atoms with van der Waals surface area (Å²) in [6, 6.07) is 0.355. The van der Waals surface area contributed by atoms with Gasteiger partial charge in [0.1, 0.15) is 0 Å². The second-order valence-corrected chi connectivity index (χ2v) is 7.82. The molecule has 0 aromatic rings. The third kappa shape index (κ3) is 4.12. The van der Waals surface area contributed by atoms with Crippen molar-refractivity contribution >= 4 is 17.7 Å². The van der Waals surface area contributed by atoms with Crippen molar-refractivity contribution in [3.8, 4) is 0 Å². The molecule has 2 aliphatic rings. The number of carbonyl (C=O) groups is 1. The second-order valence-electron chi connectivity index (χ2n) is 6.39. The van der Waals surface area contributed by atoms with E-state index < -0.39 is 0 Å². The molecule has 2 aliphatic carbocycles. The molecule has 0 aromatic carbocycles. The zero-order valence-electron chi connectivity index (χ0n) is 12.2. The van der Waals surface area contributed by atoms with Crippen LogP contribution in [0, 0.1) is 17.8 Å². The van der Waals surface area contributed by atoms with E-state index in [9.17, 15) is 4.79 Å². The summed E-state index contributed by atoms with van der Waals surface area (Å²) in [5.74, 6) is 3.34. The van der Waals surface area contributed by atoms with E-state index in [-0.39, 0.29) is 5.91 Å². The Bertz CT molecular complexity index is 311. The first-order valence-corrected chi connectivity index (χ1v) is 8.76. The van der Waals surface area contributed by atoms with Crippen LogP contribution < -0.4 is 11.1 Å². The summed E-state index contributed by atoms with van der Waals surface area (Å²) in [5.41, 5.74) is 5.52. The van der Waals surface area contributed by atoms with E-state index in [1.165, 1.54) is 25.7 Å². The van der Waals surface area contributed by atoms with Crippen molar-refractivity contribution in [3.05, 3.63) is 0 Å². The van der Waals surface area contributed by atoms with Gasteiger partial charge in [0, 0.05) is 11.3 Å². The van der Waals surface area contributed by atoms with Gasteiger partial charge in [-0.05, 0) is 56.9 Å². The predicted octanol–water partition coefficient (Wildman–Crippen LogP) is 2.40. The number of fused-ring (bicyclic) bond motifs is 2. The summed E-state index contributed by atoms with van der Waals surface area (Å²) >= 11 is 1.72. The van der Waals surface area contributed by atoms with Gasteiger partial charge in [-0.25, -0.2) is 0 Å². The van der Waals surface area contributed by atoms with Gasteiger partial charge < -0.3 is 11.1 Å². The molecule has 2 saturated carbocycles. The van der Waals surface area contributed by atoms with Crippen LogP contribution >= 0.6 is 11.8 Å². The fourth-order valence-corrected chi connectivity index (χ4v) is 4.67. The fourth-order valence-electron chi connectivity index (χ4n) is 3.84. The molecule has 5 unspecified atom stereocenters. The highest BCUT2D eigenvalue weighted by molar-refractivity contribution is 8.00. The van der Waals surface area contributed by atoms with Gasteiger partial charge in [0.2, 0.25) is 5.91 Å². The van der Waals surface area contributed by atoms with E-state index in [1.54, 1.807) is 11.8 Å². The van der Waals surface area contributed by atoms with Gasteiger partial charge in [-0.3, -0.25) is 4.79 Å². The van der Waals surface area contributed by atoms with Crippen LogP contribution in [0.5, 0.6) is 0 Å². The van der Waals surface area contributed by atoms with Crippen LogP contribution in [0.1, 0.15) is 46.0 Å². The highest BCUT2D eigenvalue weighted by Crippen LogP contribution is 2.49. The maximum Gasteiger partial charge on any atom is 0.230 e. The topological polar surface area (TPSA) is 55.1 Å². The van der Waals surface area contributed by atoms with E-state index in [0.717, 1.165) is 24.2 Å². The number of hydrogen-bond acceptors (Lipinski definition) is 3. The molecule has 0 spiro atoms. The van der Waals surface area contributed by atoms with Crippen LogP contribution in [-0.2, 0) is 4.79 Å². The summed E-state index contributed by atoms with van der Waals surface area (Å²) in [6.07, 6.45) is 6.54. The lowest BCUT2D eigenvalue weighted by Gasteiger charge is -2.28. The Morgan fingerprint density at radius 3 is 2.74 bits per heavy atom. The van der Waals surface area contributed by atoms with Gasteiger partial charge in [-0.2, -0.15) is 0 Å². The van der Waals surface area contributed by atoms with E-state index in [0.29, 0.717) is 23.6 Å². The second kappa shape index (κ2) is 6.98. The largest absolute Gasteiger partial charge is 0.353 e. The van der Waals surface area contributed by atoms with Crippen LogP contribution in [-0.4, -0.2) is 29.5 Å². The van der Waals surface area contributed by atoms with E-state index >= 15 is 0 Å². The SMILES string of the molecule is CC(CCN)SCC(=O)NC(C)C1CC2CCC1C2. The molecule has 3 N–H and O–H groups in total. The Morgan fingerprint density at radius 2 is 2.16 bits per heavy atom. The third-order valence-electron chi connectivity index (χ3n) is 4.90. The normalized spacial score (nSPS) is 32.3. The first-order chi connectivity index (χ1) is 9.10. The molecule has 0 saturated heterocycles. The monoisotopic (exact) mass is 284 g/mol. The number of amides is 1. The molecular formula is C15H28N2OS. The van der Waals surface area contributed by atoms with Crippen molar-refractivity contribution < 1.29 is 4.79 Å². The van der Waals surface area contributed by atoms with E-state index in [1.807, 2.05) is 0 Å². The number of nitrogens with two attached hydrogens (primary N) is 1. The van der Waals surface area contributed by atoms with Crippen LogP contribution in [0.4, 0.5) is 0 Å². The zero-order valence-corrected chi connectivity index (χ0v) is 13.0. The van der Waals surface area contributed by atoms with Crippen LogP contribution in [0.3, 0.4) is 0 Å². The molecule has 2 fully saturated rings. The molecule has 0 aliphatic heterocycles. The fraction of sp³-hybridized carbons (Fsp3) is 0.933. The maximum atomic E-state index is 12.0. The number of hydrogen-bond donors (Lipinski definition) is 2. The molecule has 0 heterocycles. The zero-order chi connectivity index (χ0) is 13.8. The lowest BCUT2D eigenvalue weighted by molar-refractivity contribution is -0.119. The van der Waals surface area contributed by atoms with Crippen LogP contribution in [0.2, 0.25) is 0 Å². The minimum atomic E-state index is 0.198. The van der Waals surface area contributed by atoms with Gasteiger partial charge in [0.25, 0.3) is 0 Å². The Balaban J connectivity index is 1.67. The quantitative estimate of drug-likeness (QED) is 0.755. The molecule has 2 rings (SSSR count). The number of carbonyl (C=O) groups excluding carboxylic acids is 1. The Labute approximate surface area is 121 Å². The average molecular weight is 284 g/mol. The molecule has 0 aromatic heterocycles. The highest BCUT2D eigenvalue weighted by Gasteiger charge is 2.42.